The van der Waals surface area contributed by atoms with Gasteiger partial charge in [-0.05, 0) is 34.8 Å². The molecule has 0 aliphatic carbocycles. The first-order valence-corrected chi connectivity index (χ1v) is 8.10. The van der Waals surface area contributed by atoms with Crippen LogP contribution < -0.4 is 0 Å². The molecule has 7 heteroatoms. The maximum atomic E-state index is 12.3. The predicted octanol–water partition coefficient (Wildman–Crippen LogP) is 2.86. The van der Waals surface area contributed by atoms with Gasteiger partial charge in [0.2, 0.25) is 0 Å². The zero-order valence-electron chi connectivity index (χ0n) is 11.2. The van der Waals surface area contributed by atoms with E-state index < -0.39 is 5.97 Å². The minimum Gasteiger partial charge on any atom is -0.481 e. The Morgan fingerprint density at radius 1 is 1.50 bits per heavy atom. The molecule has 1 aromatic rings. The number of amides is 2. The Morgan fingerprint density at radius 3 is 2.65 bits per heavy atom. The van der Waals surface area contributed by atoms with Crippen molar-refractivity contribution in [2.24, 2.45) is 5.92 Å². The van der Waals surface area contributed by atoms with Crippen molar-refractivity contribution >= 4 is 39.3 Å². The van der Waals surface area contributed by atoms with Gasteiger partial charge in [-0.2, -0.15) is 0 Å². The van der Waals surface area contributed by atoms with Crippen LogP contribution in [0.15, 0.2) is 15.9 Å². The van der Waals surface area contributed by atoms with Crippen molar-refractivity contribution in [1.82, 2.24) is 9.80 Å². The van der Waals surface area contributed by atoms with Crippen LogP contribution in [0.5, 0.6) is 0 Å². The van der Waals surface area contributed by atoms with Gasteiger partial charge in [0.15, 0.2) is 0 Å². The molecule has 5 nitrogen and oxygen atoms in total. The van der Waals surface area contributed by atoms with Crippen LogP contribution in [0.3, 0.4) is 0 Å². The molecule has 110 valence electrons. The van der Waals surface area contributed by atoms with Crippen LogP contribution >= 0.6 is 27.3 Å². The minimum atomic E-state index is -0.756. The van der Waals surface area contributed by atoms with Gasteiger partial charge in [-0.3, -0.25) is 4.79 Å². The number of aliphatic carboxylic acids is 1. The number of hydrogen-bond acceptors (Lipinski definition) is 3. The molecular weight excluding hydrogens is 344 g/mol. The second-order valence-electron chi connectivity index (χ2n) is 4.97. The predicted molar refractivity (Wildman–Crippen MR) is 80.8 cm³/mol. The quantitative estimate of drug-likeness (QED) is 0.901. The number of carbonyl (C=O) groups is 2. The van der Waals surface area contributed by atoms with Crippen LogP contribution in [0, 0.1) is 5.92 Å². The van der Waals surface area contributed by atoms with Crippen molar-refractivity contribution in [2.45, 2.75) is 19.4 Å². The molecule has 2 rings (SSSR count). The normalized spacial score (nSPS) is 16.2. The van der Waals surface area contributed by atoms with E-state index in [4.69, 9.17) is 5.11 Å². The Hall–Kier alpha value is -1.08. The van der Waals surface area contributed by atoms with Crippen LogP contribution in [-0.2, 0) is 11.3 Å². The molecule has 1 fully saturated rings. The highest BCUT2D eigenvalue weighted by molar-refractivity contribution is 9.10. The maximum Gasteiger partial charge on any atom is 0.320 e. The smallest absolute Gasteiger partial charge is 0.320 e. The number of hydrogen-bond donors (Lipinski definition) is 1. The molecule has 0 atom stereocenters. The highest BCUT2D eigenvalue weighted by Gasteiger charge is 2.28. The topological polar surface area (TPSA) is 60.9 Å². The monoisotopic (exact) mass is 360 g/mol. The summed E-state index contributed by atoms with van der Waals surface area (Å²) in [6.07, 6.45) is 1.08. The number of thiophene rings is 1. The molecular formula is C13H17BrN2O3S. The number of piperidine rings is 1. The first kappa shape index (κ1) is 15.3. The zero-order chi connectivity index (χ0) is 14.7. The summed E-state index contributed by atoms with van der Waals surface area (Å²) in [6.45, 7) is 1.62. The van der Waals surface area contributed by atoms with Crippen molar-refractivity contribution in [3.05, 3.63) is 20.8 Å². The van der Waals surface area contributed by atoms with Gasteiger partial charge in [0.25, 0.3) is 0 Å². The van der Waals surface area contributed by atoms with Crippen molar-refractivity contribution in [1.29, 1.82) is 0 Å². The minimum absolute atomic E-state index is 0.0293. The van der Waals surface area contributed by atoms with Gasteiger partial charge in [0, 0.05) is 34.9 Å². The summed E-state index contributed by atoms with van der Waals surface area (Å²) in [4.78, 5) is 27.7. The maximum absolute atomic E-state index is 12.3. The van der Waals surface area contributed by atoms with Crippen LogP contribution in [0.2, 0.25) is 0 Å². The van der Waals surface area contributed by atoms with Gasteiger partial charge in [0.1, 0.15) is 0 Å². The number of carboxylic acids is 1. The van der Waals surface area contributed by atoms with Crippen molar-refractivity contribution in [2.75, 3.05) is 20.1 Å². The molecule has 0 radical (unpaired) electrons. The molecule has 0 unspecified atom stereocenters. The molecule has 0 bridgehead atoms. The average molecular weight is 361 g/mol. The van der Waals surface area contributed by atoms with Gasteiger partial charge in [-0.25, -0.2) is 4.79 Å². The summed E-state index contributed by atoms with van der Waals surface area (Å²) in [5.74, 6) is -1.06. The lowest BCUT2D eigenvalue weighted by Gasteiger charge is -2.33. The highest BCUT2D eigenvalue weighted by Crippen LogP contribution is 2.22. The molecule has 1 aliphatic rings. The van der Waals surface area contributed by atoms with E-state index in [-0.39, 0.29) is 11.9 Å². The van der Waals surface area contributed by atoms with E-state index in [1.165, 1.54) is 0 Å². The number of rotatable bonds is 3. The zero-order valence-corrected chi connectivity index (χ0v) is 13.6. The third-order valence-corrected chi connectivity index (χ3v) is 5.14. The first-order valence-electron chi connectivity index (χ1n) is 6.43. The number of halogens is 1. The average Bonchev–Trinajstić information content (AvgIpc) is 2.83. The van der Waals surface area contributed by atoms with Crippen LogP contribution in [-0.4, -0.2) is 47.0 Å². The summed E-state index contributed by atoms with van der Waals surface area (Å²) >= 11 is 5.01. The summed E-state index contributed by atoms with van der Waals surface area (Å²) in [5, 5.41) is 10.9. The van der Waals surface area contributed by atoms with Crippen molar-refractivity contribution < 1.29 is 14.7 Å². The molecule has 1 aromatic heterocycles. The second-order valence-corrected chi connectivity index (χ2v) is 6.88. The summed E-state index contributed by atoms with van der Waals surface area (Å²) in [7, 11) is 1.78. The van der Waals surface area contributed by atoms with Gasteiger partial charge in [0.05, 0.1) is 12.5 Å². The van der Waals surface area contributed by atoms with Gasteiger partial charge >= 0.3 is 12.0 Å². The number of carboxylic acid groups (broad SMARTS) is 1. The molecule has 1 N–H and O–H groups in total. The van der Waals surface area contributed by atoms with E-state index in [1.54, 1.807) is 28.2 Å². The lowest BCUT2D eigenvalue weighted by atomic mass is 9.97. The Morgan fingerprint density at radius 2 is 2.15 bits per heavy atom. The van der Waals surface area contributed by atoms with E-state index >= 15 is 0 Å². The fourth-order valence-corrected chi connectivity index (χ4v) is 3.80. The van der Waals surface area contributed by atoms with Gasteiger partial charge in [-0.15, -0.1) is 11.3 Å². The van der Waals surface area contributed by atoms with E-state index in [0.717, 1.165) is 9.35 Å². The van der Waals surface area contributed by atoms with Crippen LogP contribution in [0.1, 0.15) is 17.7 Å². The Bertz CT molecular complexity index is 498. The van der Waals surface area contributed by atoms with Gasteiger partial charge in [-0.1, -0.05) is 0 Å². The summed E-state index contributed by atoms with van der Waals surface area (Å²) in [6, 6.07) is 1.98. The third-order valence-electron chi connectivity index (χ3n) is 3.46. The number of likely N-dealkylation sites (tertiary alicyclic amines) is 1. The van der Waals surface area contributed by atoms with Crippen molar-refractivity contribution in [3.63, 3.8) is 0 Å². The Labute approximate surface area is 130 Å². The Balaban J connectivity index is 1.86. The lowest BCUT2D eigenvalue weighted by Crippen LogP contribution is -2.45. The molecule has 0 spiro atoms. The lowest BCUT2D eigenvalue weighted by molar-refractivity contribution is -0.143. The molecule has 1 saturated heterocycles. The Kier molecular flexibility index (Phi) is 5.04. The fourth-order valence-electron chi connectivity index (χ4n) is 2.30. The molecule has 2 heterocycles. The standard InChI is InChI=1S/C13H17BrN2O3S/c1-15(7-11-6-10(14)8-20-11)13(19)16-4-2-9(3-5-16)12(17)18/h6,8-9H,2-5,7H2,1H3,(H,17,18). The SMILES string of the molecule is CN(Cc1cc(Br)cs1)C(=O)N1CCC(C(=O)O)CC1. The molecule has 0 saturated carbocycles. The molecule has 0 aromatic carbocycles. The largest absolute Gasteiger partial charge is 0.481 e. The first-order chi connectivity index (χ1) is 9.47. The summed E-state index contributed by atoms with van der Waals surface area (Å²) < 4.78 is 1.03. The molecule has 1 aliphatic heterocycles. The fraction of sp³-hybridized carbons (Fsp3) is 0.538. The van der Waals surface area contributed by atoms with Crippen LogP contribution in [0.4, 0.5) is 4.79 Å². The van der Waals surface area contributed by atoms with Crippen LogP contribution in [0.25, 0.3) is 0 Å². The van der Waals surface area contributed by atoms with E-state index in [1.807, 2.05) is 11.4 Å². The number of carbonyl (C=O) groups excluding carboxylic acids is 1. The summed E-state index contributed by atoms with van der Waals surface area (Å²) in [5.41, 5.74) is 0. The molecule has 20 heavy (non-hydrogen) atoms. The highest BCUT2D eigenvalue weighted by atomic mass is 79.9. The van der Waals surface area contributed by atoms with Crippen molar-refractivity contribution in [3.8, 4) is 0 Å². The van der Waals surface area contributed by atoms with E-state index in [9.17, 15) is 9.59 Å². The molecule has 2 amide bonds. The van der Waals surface area contributed by atoms with Gasteiger partial charge < -0.3 is 14.9 Å². The number of urea groups is 1. The van der Waals surface area contributed by atoms with E-state index in [2.05, 4.69) is 15.9 Å². The van der Waals surface area contributed by atoms with E-state index in [0.29, 0.717) is 32.5 Å². The second kappa shape index (κ2) is 6.58. The third kappa shape index (κ3) is 3.73. The number of nitrogens with zero attached hydrogens (tertiary/aromatic N) is 2.